The lowest BCUT2D eigenvalue weighted by molar-refractivity contribution is 0.318. The first kappa shape index (κ1) is 13.7. The van der Waals surface area contributed by atoms with Crippen LogP contribution in [-0.2, 0) is 0 Å². The van der Waals surface area contributed by atoms with Gasteiger partial charge in [-0.05, 0) is 29.4 Å². The summed E-state index contributed by atoms with van der Waals surface area (Å²) in [6, 6.07) is 12.2. The molecule has 3 rings (SSSR count). The minimum atomic E-state index is 0.154. The first-order valence-electron chi connectivity index (χ1n) is 7.36. The zero-order valence-electron chi connectivity index (χ0n) is 12.5. The van der Waals surface area contributed by atoms with Crippen LogP contribution in [0.1, 0.15) is 19.4 Å². The molecule has 0 saturated carbocycles. The molecule has 3 N–H and O–H groups in total. The second kappa shape index (κ2) is 5.28. The minimum absolute atomic E-state index is 0.154. The Bertz CT molecular complexity index is 685. The van der Waals surface area contributed by atoms with Crippen molar-refractivity contribution in [3.63, 3.8) is 0 Å². The van der Waals surface area contributed by atoms with Gasteiger partial charge in [-0.2, -0.15) is 0 Å². The lowest BCUT2D eigenvalue weighted by Gasteiger charge is -2.21. The van der Waals surface area contributed by atoms with E-state index in [0.717, 1.165) is 29.4 Å². The average Bonchev–Trinajstić information content (AvgIpc) is 2.84. The van der Waals surface area contributed by atoms with E-state index in [2.05, 4.69) is 36.0 Å². The minimum Gasteiger partial charge on any atom is -0.409 e. The molecule has 0 aromatic heterocycles. The second-order valence-corrected chi connectivity index (χ2v) is 6.02. The summed E-state index contributed by atoms with van der Waals surface area (Å²) in [5.74, 6) is 1.56. The fourth-order valence-corrected chi connectivity index (χ4v) is 3.16. The molecule has 1 aliphatic rings. The third-order valence-corrected chi connectivity index (χ3v) is 4.61. The quantitative estimate of drug-likeness (QED) is 0.385. The molecule has 2 atom stereocenters. The topological polar surface area (TPSA) is 61.8 Å². The molecule has 110 valence electrons. The smallest absolute Gasteiger partial charge is 0.170 e. The number of nitrogens with two attached hydrogens (primary N) is 1. The molecule has 2 unspecified atom stereocenters. The maximum absolute atomic E-state index is 8.95. The number of anilines is 1. The molecule has 1 heterocycles. The summed E-state index contributed by atoms with van der Waals surface area (Å²) >= 11 is 0. The molecule has 2 aromatic rings. The molecule has 21 heavy (non-hydrogen) atoms. The number of oxime groups is 1. The van der Waals surface area contributed by atoms with Crippen LogP contribution < -0.4 is 10.6 Å². The predicted octanol–water partition coefficient (Wildman–Crippen LogP) is 3.03. The van der Waals surface area contributed by atoms with Crippen LogP contribution in [0.2, 0.25) is 0 Å². The maximum atomic E-state index is 8.95. The van der Waals surface area contributed by atoms with Gasteiger partial charge in [0.1, 0.15) is 0 Å². The molecule has 0 bridgehead atoms. The first-order chi connectivity index (χ1) is 10.1. The van der Waals surface area contributed by atoms with E-state index < -0.39 is 0 Å². The van der Waals surface area contributed by atoms with E-state index in [1.165, 1.54) is 5.69 Å². The third-order valence-electron chi connectivity index (χ3n) is 4.61. The lowest BCUT2D eigenvalue weighted by Crippen LogP contribution is -2.20. The molecule has 0 aliphatic carbocycles. The van der Waals surface area contributed by atoms with Crippen molar-refractivity contribution in [2.75, 3.05) is 18.0 Å². The molecule has 1 saturated heterocycles. The van der Waals surface area contributed by atoms with Gasteiger partial charge in [-0.25, -0.2) is 0 Å². The highest BCUT2D eigenvalue weighted by molar-refractivity contribution is 6.11. The SMILES string of the molecule is CC1CN(c2ccc(/C(N)=N/O)c3ccccc23)CC1C. The Morgan fingerprint density at radius 2 is 1.71 bits per heavy atom. The van der Waals surface area contributed by atoms with Crippen molar-refractivity contribution in [2.24, 2.45) is 22.7 Å². The molecular formula is C17H21N3O. The van der Waals surface area contributed by atoms with Crippen molar-refractivity contribution in [2.45, 2.75) is 13.8 Å². The van der Waals surface area contributed by atoms with Crippen molar-refractivity contribution in [3.8, 4) is 0 Å². The Morgan fingerprint density at radius 3 is 2.33 bits per heavy atom. The summed E-state index contributed by atoms with van der Waals surface area (Å²) in [7, 11) is 0. The maximum Gasteiger partial charge on any atom is 0.170 e. The van der Waals surface area contributed by atoms with Crippen LogP contribution in [-0.4, -0.2) is 24.1 Å². The highest BCUT2D eigenvalue weighted by atomic mass is 16.4. The van der Waals surface area contributed by atoms with Gasteiger partial charge in [-0.15, -0.1) is 0 Å². The fourth-order valence-electron chi connectivity index (χ4n) is 3.16. The Hall–Kier alpha value is -2.23. The number of hydrogen-bond donors (Lipinski definition) is 2. The van der Waals surface area contributed by atoms with Crippen LogP contribution in [0, 0.1) is 11.8 Å². The van der Waals surface area contributed by atoms with Gasteiger partial charge < -0.3 is 15.8 Å². The van der Waals surface area contributed by atoms with E-state index in [-0.39, 0.29) is 5.84 Å². The normalized spacial score (nSPS) is 23.0. The van der Waals surface area contributed by atoms with Crippen LogP contribution in [0.25, 0.3) is 10.8 Å². The second-order valence-electron chi connectivity index (χ2n) is 6.02. The molecule has 0 spiro atoms. The van der Waals surface area contributed by atoms with E-state index >= 15 is 0 Å². The van der Waals surface area contributed by atoms with Gasteiger partial charge in [0.05, 0.1) is 0 Å². The Balaban J connectivity index is 2.14. The summed E-state index contributed by atoms with van der Waals surface area (Å²) < 4.78 is 0. The fraction of sp³-hybridized carbons (Fsp3) is 0.353. The monoisotopic (exact) mass is 283 g/mol. The van der Waals surface area contributed by atoms with Crippen LogP contribution in [0.3, 0.4) is 0 Å². The molecule has 4 nitrogen and oxygen atoms in total. The first-order valence-corrected chi connectivity index (χ1v) is 7.36. The lowest BCUT2D eigenvalue weighted by atomic mass is 10.0. The van der Waals surface area contributed by atoms with Gasteiger partial charge in [0.15, 0.2) is 5.84 Å². The predicted molar refractivity (Wildman–Crippen MR) is 87.0 cm³/mol. The largest absolute Gasteiger partial charge is 0.409 e. The van der Waals surface area contributed by atoms with Gasteiger partial charge in [-0.3, -0.25) is 0 Å². The number of hydrogen-bond acceptors (Lipinski definition) is 3. The van der Waals surface area contributed by atoms with Gasteiger partial charge in [0.25, 0.3) is 0 Å². The molecule has 0 amide bonds. The molecule has 2 aromatic carbocycles. The standard InChI is InChI=1S/C17H21N3O/c1-11-9-20(10-12(11)2)16-8-7-15(17(18)19-21)13-5-3-4-6-14(13)16/h3-8,11-12,21H,9-10H2,1-2H3,(H2,18,19). The van der Waals surface area contributed by atoms with Crippen molar-refractivity contribution >= 4 is 22.3 Å². The Labute approximate surface area is 124 Å². The van der Waals surface area contributed by atoms with Crippen LogP contribution in [0.15, 0.2) is 41.6 Å². The Kier molecular flexibility index (Phi) is 3.45. The molecule has 0 radical (unpaired) electrons. The van der Waals surface area contributed by atoms with Crippen LogP contribution in [0.4, 0.5) is 5.69 Å². The number of rotatable bonds is 2. The summed E-state index contributed by atoms with van der Waals surface area (Å²) in [6.45, 7) is 6.76. The van der Waals surface area contributed by atoms with Crippen LogP contribution in [0.5, 0.6) is 0 Å². The highest BCUT2D eigenvalue weighted by Crippen LogP contribution is 2.34. The van der Waals surface area contributed by atoms with Gasteiger partial charge in [-0.1, -0.05) is 43.3 Å². The Morgan fingerprint density at radius 1 is 1.10 bits per heavy atom. The molecule has 1 aliphatic heterocycles. The number of benzene rings is 2. The van der Waals surface area contributed by atoms with E-state index in [0.29, 0.717) is 11.8 Å². The average molecular weight is 283 g/mol. The van der Waals surface area contributed by atoms with Crippen molar-refractivity contribution in [1.29, 1.82) is 0 Å². The third kappa shape index (κ3) is 2.31. The van der Waals surface area contributed by atoms with Crippen LogP contribution >= 0.6 is 0 Å². The molecular weight excluding hydrogens is 262 g/mol. The summed E-state index contributed by atoms with van der Waals surface area (Å²) in [5.41, 5.74) is 7.80. The summed E-state index contributed by atoms with van der Waals surface area (Å²) in [5, 5.41) is 14.3. The van der Waals surface area contributed by atoms with Gasteiger partial charge >= 0.3 is 0 Å². The summed E-state index contributed by atoms with van der Waals surface area (Å²) in [6.07, 6.45) is 0. The van der Waals surface area contributed by atoms with E-state index in [9.17, 15) is 0 Å². The highest BCUT2D eigenvalue weighted by Gasteiger charge is 2.27. The van der Waals surface area contributed by atoms with Gasteiger partial charge in [0, 0.05) is 29.7 Å². The number of fused-ring (bicyclic) bond motifs is 1. The van der Waals surface area contributed by atoms with E-state index in [4.69, 9.17) is 10.9 Å². The molecule has 4 heteroatoms. The molecule has 1 fully saturated rings. The number of amidine groups is 1. The van der Waals surface area contributed by atoms with Crippen molar-refractivity contribution < 1.29 is 5.21 Å². The van der Waals surface area contributed by atoms with Crippen molar-refractivity contribution in [3.05, 3.63) is 42.0 Å². The van der Waals surface area contributed by atoms with E-state index in [1.807, 2.05) is 24.3 Å². The van der Waals surface area contributed by atoms with Crippen molar-refractivity contribution in [1.82, 2.24) is 0 Å². The van der Waals surface area contributed by atoms with E-state index in [1.54, 1.807) is 0 Å². The summed E-state index contributed by atoms with van der Waals surface area (Å²) in [4.78, 5) is 2.44. The zero-order chi connectivity index (χ0) is 15.0. The number of nitrogens with zero attached hydrogens (tertiary/aromatic N) is 2. The zero-order valence-corrected chi connectivity index (χ0v) is 12.5. The van der Waals surface area contributed by atoms with Gasteiger partial charge in [0.2, 0.25) is 0 Å².